The molecule has 1 saturated carbocycles. The number of rotatable bonds is 7. The number of aromatic nitrogens is 2. The quantitative estimate of drug-likeness (QED) is 0.266. The molecule has 7 nitrogen and oxygen atoms in total. The normalized spacial score (nSPS) is 14.9. The lowest BCUT2D eigenvalue weighted by atomic mass is 9.66. The molecular formula is C30H26FN5O2. The van der Waals surface area contributed by atoms with Crippen LogP contribution in [0.3, 0.4) is 0 Å². The first-order valence-electron chi connectivity index (χ1n) is 12.5. The van der Waals surface area contributed by atoms with E-state index in [1.807, 2.05) is 72.8 Å². The van der Waals surface area contributed by atoms with Crippen LogP contribution >= 0.6 is 0 Å². The summed E-state index contributed by atoms with van der Waals surface area (Å²) >= 11 is 0. The average molecular weight is 508 g/mol. The Labute approximate surface area is 220 Å². The molecule has 0 atom stereocenters. The van der Waals surface area contributed by atoms with Gasteiger partial charge in [-0.2, -0.15) is 4.98 Å². The predicted octanol–water partition coefficient (Wildman–Crippen LogP) is 6.85. The van der Waals surface area contributed by atoms with Gasteiger partial charge in [0.15, 0.2) is 11.6 Å². The van der Waals surface area contributed by atoms with Gasteiger partial charge in [-0.05, 0) is 73.0 Å². The Morgan fingerprint density at radius 3 is 2.45 bits per heavy atom. The van der Waals surface area contributed by atoms with Gasteiger partial charge in [0.25, 0.3) is 0 Å². The molecule has 6 rings (SSSR count). The summed E-state index contributed by atoms with van der Waals surface area (Å²) in [6, 6.07) is 22.7. The van der Waals surface area contributed by atoms with Crippen LogP contribution in [-0.4, -0.2) is 22.4 Å². The van der Waals surface area contributed by atoms with Crippen molar-refractivity contribution in [3.63, 3.8) is 0 Å². The van der Waals surface area contributed by atoms with Gasteiger partial charge in [0, 0.05) is 29.0 Å². The van der Waals surface area contributed by atoms with Crippen molar-refractivity contribution in [3.05, 3.63) is 103 Å². The van der Waals surface area contributed by atoms with Gasteiger partial charge in [0.2, 0.25) is 11.9 Å². The van der Waals surface area contributed by atoms with E-state index in [0.29, 0.717) is 18.0 Å². The lowest BCUT2D eigenvalue weighted by Gasteiger charge is -2.38. The molecule has 1 spiro atoms. The number of nitrogens with one attached hydrogen (secondary N) is 2. The Morgan fingerprint density at radius 1 is 1.00 bits per heavy atom. The molecule has 1 aromatic heterocycles. The molecule has 1 amide bonds. The minimum Gasteiger partial charge on any atom is -0.457 e. The van der Waals surface area contributed by atoms with Gasteiger partial charge in [0.1, 0.15) is 11.5 Å². The third-order valence-electron chi connectivity index (χ3n) is 7.17. The molecule has 1 aliphatic carbocycles. The van der Waals surface area contributed by atoms with Crippen molar-refractivity contribution in [2.45, 2.75) is 24.7 Å². The fraction of sp³-hybridized carbons (Fsp3) is 0.167. The first-order valence-corrected chi connectivity index (χ1v) is 12.5. The Hall–Kier alpha value is -4.72. The predicted molar refractivity (Wildman–Crippen MR) is 146 cm³/mol. The van der Waals surface area contributed by atoms with Gasteiger partial charge >= 0.3 is 0 Å². The zero-order chi connectivity index (χ0) is 26.1. The van der Waals surface area contributed by atoms with Gasteiger partial charge in [0.05, 0.1) is 6.20 Å². The minimum absolute atomic E-state index is 0.0193. The largest absolute Gasteiger partial charge is 0.457 e. The number of carbonyl (C=O) groups excluding carboxylic acids is 1. The van der Waals surface area contributed by atoms with Crippen molar-refractivity contribution in [1.29, 1.82) is 0 Å². The van der Waals surface area contributed by atoms with Crippen LogP contribution in [-0.2, 0) is 10.2 Å². The van der Waals surface area contributed by atoms with Crippen molar-refractivity contribution in [1.82, 2.24) is 9.97 Å². The van der Waals surface area contributed by atoms with Gasteiger partial charge in [-0.15, -0.1) is 0 Å². The summed E-state index contributed by atoms with van der Waals surface area (Å²) in [4.78, 5) is 22.7. The second kappa shape index (κ2) is 9.63. The van der Waals surface area contributed by atoms with E-state index in [4.69, 9.17) is 4.74 Å². The fourth-order valence-corrected chi connectivity index (χ4v) is 5.10. The van der Waals surface area contributed by atoms with Crippen molar-refractivity contribution in [3.8, 4) is 11.5 Å². The number of ether oxygens (including phenoxy) is 1. The highest BCUT2D eigenvalue weighted by Crippen LogP contribution is 2.53. The van der Waals surface area contributed by atoms with Crippen LogP contribution in [0.4, 0.5) is 33.2 Å². The molecule has 0 radical (unpaired) electrons. The van der Waals surface area contributed by atoms with Crippen LogP contribution in [0.1, 0.15) is 24.8 Å². The summed E-state index contributed by atoms with van der Waals surface area (Å²) in [5.41, 5.74) is 3.38. The van der Waals surface area contributed by atoms with Crippen LogP contribution in [0, 0.1) is 5.82 Å². The molecular weight excluding hydrogens is 481 g/mol. The molecule has 38 heavy (non-hydrogen) atoms. The number of hydrogen-bond donors (Lipinski definition) is 2. The third kappa shape index (κ3) is 4.45. The van der Waals surface area contributed by atoms with Gasteiger partial charge in [-0.25, -0.2) is 9.37 Å². The summed E-state index contributed by atoms with van der Waals surface area (Å²) < 4.78 is 20.5. The third-order valence-corrected chi connectivity index (χ3v) is 7.17. The number of halogens is 1. The van der Waals surface area contributed by atoms with E-state index < -0.39 is 5.82 Å². The van der Waals surface area contributed by atoms with E-state index in [1.54, 1.807) is 4.90 Å². The molecule has 1 fully saturated rings. The Bertz CT molecular complexity index is 1500. The molecule has 8 heteroatoms. The summed E-state index contributed by atoms with van der Waals surface area (Å²) in [6.45, 7) is 4.31. The molecule has 0 saturated heterocycles. The van der Waals surface area contributed by atoms with E-state index in [9.17, 15) is 9.18 Å². The molecule has 3 aromatic carbocycles. The molecule has 4 aromatic rings. The van der Waals surface area contributed by atoms with Crippen LogP contribution < -0.4 is 20.3 Å². The number of carbonyl (C=O) groups is 1. The fourth-order valence-electron chi connectivity index (χ4n) is 5.10. The molecule has 2 N–H and O–H groups in total. The summed E-state index contributed by atoms with van der Waals surface area (Å²) in [5.74, 6) is 0.989. The van der Waals surface area contributed by atoms with E-state index in [2.05, 4.69) is 27.2 Å². The zero-order valence-electron chi connectivity index (χ0n) is 20.7. The lowest BCUT2D eigenvalue weighted by molar-refractivity contribution is -0.114. The van der Waals surface area contributed by atoms with Crippen LogP contribution in [0.15, 0.2) is 91.6 Å². The summed E-state index contributed by atoms with van der Waals surface area (Å²) in [7, 11) is 0. The number of benzene rings is 3. The second-order valence-corrected chi connectivity index (χ2v) is 9.57. The highest BCUT2D eigenvalue weighted by atomic mass is 19.1. The molecule has 2 heterocycles. The highest BCUT2D eigenvalue weighted by molar-refractivity contribution is 6.03. The maximum atomic E-state index is 14.7. The molecule has 0 bridgehead atoms. The Balaban J connectivity index is 1.19. The van der Waals surface area contributed by atoms with E-state index in [0.717, 1.165) is 48.1 Å². The number of amides is 1. The van der Waals surface area contributed by atoms with Gasteiger partial charge in [-0.3, -0.25) is 4.79 Å². The Morgan fingerprint density at radius 2 is 1.74 bits per heavy atom. The topological polar surface area (TPSA) is 79.4 Å². The monoisotopic (exact) mass is 507 g/mol. The van der Waals surface area contributed by atoms with E-state index in [1.165, 1.54) is 6.08 Å². The van der Waals surface area contributed by atoms with E-state index >= 15 is 0 Å². The average Bonchev–Trinajstić information content (AvgIpc) is 3.27. The van der Waals surface area contributed by atoms with Crippen molar-refractivity contribution >= 4 is 34.7 Å². The van der Waals surface area contributed by atoms with Crippen LogP contribution in [0.2, 0.25) is 0 Å². The van der Waals surface area contributed by atoms with E-state index in [-0.39, 0.29) is 23.1 Å². The lowest BCUT2D eigenvalue weighted by Crippen LogP contribution is -2.40. The zero-order valence-corrected chi connectivity index (χ0v) is 20.7. The Kier molecular flexibility index (Phi) is 5.99. The second-order valence-electron chi connectivity index (χ2n) is 9.57. The van der Waals surface area contributed by atoms with Crippen LogP contribution in [0.5, 0.6) is 11.5 Å². The van der Waals surface area contributed by atoms with Gasteiger partial charge in [-0.1, -0.05) is 37.3 Å². The smallest absolute Gasteiger partial charge is 0.250 e. The SMILES string of the molecule is C=CC(=O)N1CC2(CCC2)c2ccc(Nc3nc(Nc4ccc(Oc5ccccc5)cc4)ncc3F)cc21. The van der Waals surface area contributed by atoms with Crippen molar-refractivity contribution in [2.75, 3.05) is 22.1 Å². The van der Waals surface area contributed by atoms with Crippen molar-refractivity contribution in [2.24, 2.45) is 0 Å². The maximum Gasteiger partial charge on any atom is 0.250 e. The van der Waals surface area contributed by atoms with Crippen LogP contribution in [0.25, 0.3) is 0 Å². The maximum absolute atomic E-state index is 14.7. The summed E-state index contributed by atoms with van der Waals surface area (Å²) in [5, 5.41) is 6.15. The van der Waals surface area contributed by atoms with Gasteiger partial charge < -0.3 is 20.3 Å². The number of anilines is 5. The number of hydrogen-bond acceptors (Lipinski definition) is 6. The number of fused-ring (bicyclic) bond motifs is 2. The standard InChI is InChI=1S/C30H26FN5O2/c1-2-27(37)36-19-30(15-6-16-30)24-14-11-21(17-26(24)36)33-28-25(31)18-32-29(35-28)34-20-9-12-23(13-10-20)38-22-7-4-3-5-8-22/h2-5,7-14,17-18H,1,6,15-16,19H2,(H2,32,33,34,35). The molecule has 1 aliphatic heterocycles. The highest BCUT2D eigenvalue weighted by Gasteiger charge is 2.48. The van der Waals surface area contributed by atoms with Crippen molar-refractivity contribution < 1.29 is 13.9 Å². The molecule has 2 aliphatic rings. The molecule has 0 unspecified atom stereocenters. The molecule has 190 valence electrons. The first-order chi connectivity index (χ1) is 18.5. The minimum atomic E-state index is -0.586. The number of nitrogens with zero attached hydrogens (tertiary/aromatic N) is 3. The first kappa shape index (κ1) is 23.7. The number of para-hydroxylation sites is 1. The summed E-state index contributed by atoms with van der Waals surface area (Å²) in [6.07, 6.45) is 5.73.